The minimum Gasteiger partial charge on any atom is -0.394 e. The van der Waals surface area contributed by atoms with Gasteiger partial charge in [0.2, 0.25) is 0 Å². The predicted molar refractivity (Wildman–Crippen MR) is 73.2 cm³/mol. The third-order valence-corrected chi connectivity index (χ3v) is 3.81. The van der Waals surface area contributed by atoms with Crippen molar-refractivity contribution in [1.82, 2.24) is 0 Å². The van der Waals surface area contributed by atoms with Crippen LogP contribution < -0.4 is 0 Å². The molecule has 23 heavy (non-hydrogen) atoms. The second-order valence-corrected chi connectivity index (χ2v) is 5.68. The molecule has 11 heteroatoms. The van der Waals surface area contributed by atoms with Crippen molar-refractivity contribution in [3.05, 3.63) is 0 Å². The summed E-state index contributed by atoms with van der Waals surface area (Å²) < 4.78 is 10.2. The summed E-state index contributed by atoms with van der Waals surface area (Å²) in [5.74, 6) is -1.13. The Morgan fingerprint density at radius 1 is 1.30 bits per heavy atom. The molecule has 1 aliphatic rings. The molecule has 0 aromatic heterocycles. The van der Waals surface area contributed by atoms with Crippen LogP contribution in [0.3, 0.4) is 0 Å². The van der Waals surface area contributed by atoms with Crippen molar-refractivity contribution in [1.29, 1.82) is 0 Å². The van der Waals surface area contributed by atoms with Crippen molar-refractivity contribution >= 4 is 17.4 Å². The molecular formula is C12H21ClO10. The average molecular weight is 361 g/mol. The number of alkyl halides is 1. The highest BCUT2D eigenvalue weighted by molar-refractivity contribution is 6.22. The molecule has 136 valence electrons. The zero-order valence-corrected chi connectivity index (χ0v) is 12.8. The predicted octanol–water partition coefficient (Wildman–Crippen LogP) is -3.96. The molecule has 1 saturated heterocycles. The molecule has 0 bridgehead atoms. The van der Waals surface area contributed by atoms with Crippen LogP contribution in [-0.4, -0.2) is 103 Å². The van der Waals surface area contributed by atoms with Gasteiger partial charge in [-0.05, 0) is 0 Å². The lowest BCUT2D eigenvalue weighted by atomic mass is 10.0. The minimum atomic E-state index is -2.50. The fourth-order valence-electron chi connectivity index (χ4n) is 2.10. The number of rotatable bonds is 8. The normalized spacial score (nSPS) is 35.6. The van der Waals surface area contributed by atoms with E-state index in [9.17, 15) is 25.2 Å². The number of aliphatic hydroxyl groups is 7. The maximum absolute atomic E-state index is 11.4. The Kier molecular flexibility index (Phi) is 7.74. The van der Waals surface area contributed by atoms with Crippen molar-refractivity contribution in [2.24, 2.45) is 0 Å². The number of aliphatic hydroxyl groups excluding tert-OH is 7. The summed E-state index contributed by atoms with van der Waals surface area (Å²) in [6, 6.07) is 0. The number of ether oxygens (including phenoxy) is 2. The lowest BCUT2D eigenvalue weighted by molar-refractivity contribution is -0.326. The Balaban J connectivity index is 3.01. The number of hydrogen-bond acceptors (Lipinski definition) is 10. The lowest BCUT2D eigenvalue weighted by Crippen LogP contribution is -2.61. The van der Waals surface area contributed by atoms with Gasteiger partial charge in [-0.2, -0.15) is 0 Å². The third kappa shape index (κ3) is 4.79. The second kappa shape index (κ2) is 8.62. The molecule has 1 fully saturated rings. The quantitative estimate of drug-likeness (QED) is 0.211. The van der Waals surface area contributed by atoms with E-state index < -0.39 is 67.5 Å². The van der Waals surface area contributed by atoms with Gasteiger partial charge in [0.25, 0.3) is 5.25 Å². The Hall–Kier alpha value is -0.400. The van der Waals surface area contributed by atoms with E-state index in [0.717, 1.165) is 0 Å². The van der Waals surface area contributed by atoms with Gasteiger partial charge in [0.1, 0.15) is 31.0 Å². The van der Waals surface area contributed by atoms with E-state index >= 15 is 0 Å². The summed E-state index contributed by atoms with van der Waals surface area (Å²) in [5, 5.41) is 63.5. The highest BCUT2D eigenvalue weighted by atomic mass is 35.5. The molecule has 0 aliphatic carbocycles. The maximum Gasteiger partial charge on any atom is 0.278 e. The highest BCUT2D eigenvalue weighted by Crippen LogP contribution is 2.36. The standard InChI is InChI=1S/C12H21ClO10/c13-12(11(21)6(17)1-5(2-14)22-12)23-10(8(19)4-16)9(20)7(18)3-15/h5-6,8-11,14-17,19-21H,1-4H2/t5-,6-,8+,9+,10+,11+,12?/m0/s1. The smallest absolute Gasteiger partial charge is 0.278 e. The molecule has 0 aromatic carbocycles. The van der Waals surface area contributed by atoms with E-state index in [1.165, 1.54) is 0 Å². The molecule has 7 N–H and O–H groups in total. The van der Waals surface area contributed by atoms with Crippen LogP contribution in [0.2, 0.25) is 0 Å². The summed E-state index contributed by atoms with van der Waals surface area (Å²) in [6.07, 6.45) is -10.2. The van der Waals surface area contributed by atoms with E-state index in [1.807, 2.05) is 0 Å². The van der Waals surface area contributed by atoms with E-state index in [4.69, 9.17) is 36.4 Å². The minimum absolute atomic E-state index is 0.152. The van der Waals surface area contributed by atoms with Crippen molar-refractivity contribution < 1.29 is 50.0 Å². The summed E-state index contributed by atoms with van der Waals surface area (Å²) in [4.78, 5) is 11.4. The first-order chi connectivity index (χ1) is 10.7. The van der Waals surface area contributed by atoms with Crippen molar-refractivity contribution in [2.45, 2.75) is 48.3 Å². The molecular weight excluding hydrogens is 340 g/mol. The van der Waals surface area contributed by atoms with Crippen LogP contribution in [0.15, 0.2) is 0 Å². The summed E-state index contributed by atoms with van der Waals surface area (Å²) in [7, 11) is 0. The zero-order valence-electron chi connectivity index (χ0n) is 12.0. The van der Waals surface area contributed by atoms with Crippen molar-refractivity contribution in [2.75, 3.05) is 19.8 Å². The number of Topliss-reactive ketones (excluding diaryl/α,β-unsaturated/α-hetero) is 1. The first-order valence-electron chi connectivity index (χ1n) is 6.82. The molecule has 1 rings (SSSR count). The molecule has 7 atom stereocenters. The molecule has 0 spiro atoms. The van der Waals surface area contributed by atoms with Crippen LogP contribution >= 0.6 is 11.6 Å². The zero-order chi connectivity index (χ0) is 17.8. The molecule has 1 heterocycles. The van der Waals surface area contributed by atoms with E-state index in [0.29, 0.717) is 0 Å². The number of halogens is 1. The van der Waals surface area contributed by atoms with Crippen LogP contribution in [0.25, 0.3) is 0 Å². The SMILES string of the molecule is O=C(CO)[C@@H](O)[C@H](OC1(Cl)O[C@H](CO)C[C@H](O)[C@H]1O)[C@H](O)CO. The van der Waals surface area contributed by atoms with E-state index in [-0.39, 0.29) is 6.42 Å². The Labute approximate surface area is 136 Å². The van der Waals surface area contributed by atoms with Gasteiger partial charge in [0.15, 0.2) is 5.78 Å². The lowest BCUT2D eigenvalue weighted by Gasteiger charge is -2.44. The van der Waals surface area contributed by atoms with Gasteiger partial charge in [-0.1, -0.05) is 11.6 Å². The second-order valence-electron chi connectivity index (χ2n) is 5.15. The van der Waals surface area contributed by atoms with Crippen LogP contribution in [0.1, 0.15) is 6.42 Å². The van der Waals surface area contributed by atoms with Crippen LogP contribution in [0, 0.1) is 0 Å². The largest absolute Gasteiger partial charge is 0.394 e. The Morgan fingerprint density at radius 2 is 1.91 bits per heavy atom. The monoisotopic (exact) mass is 360 g/mol. The number of hydrogen-bond donors (Lipinski definition) is 7. The van der Waals surface area contributed by atoms with Crippen LogP contribution in [-0.2, 0) is 14.3 Å². The van der Waals surface area contributed by atoms with Gasteiger partial charge >= 0.3 is 0 Å². The molecule has 1 unspecified atom stereocenters. The van der Waals surface area contributed by atoms with E-state index in [1.54, 1.807) is 0 Å². The average Bonchev–Trinajstić information content (AvgIpc) is 2.55. The number of ketones is 1. The van der Waals surface area contributed by atoms with Gasteiger partial charge in [-0.3, -0.25) is 4.79 Å². The van der Waals surface area contributed by atoms with Crippen LogP contribution in [0.5, 0.6) is 0 Å². The Bertz CT molecular complexity index is 396. The topological polar surface area (TPSA) is 177 Å². The molecule has 0 saturated carbocycles. The first kappa shape index (κ1) is 20.6. The Morgan fingerprint density at radius 3 is 2.39 bits per heavy atom. The maximum atomic E-state index is 11.4. The molecule has 0 amide bonds. The number of carbonyl (C=O) groups is 1. The summed E-state index contributed by atoms with van der Waals surface area (Å²) in [5.41, 5.74) is 0. The third-order valence-electron chi connectivity index (χ3n) is 3.41. The van der Waals surface area contributed by atoms with E-state index in [2.05, 4.69) is 0 Å². The van der Waals surface area contributed by atoms with Crippen molar-refractivity contribution in [3.8, 4) is 0 Å². The fraction of sp³-hybridized carbons (Fsp3) is 0.917. The highest BCUT2D eigenvalue weighted by Gasteiger charge is 2.52. The number of carbonyl (C=O) groups excluding carboxylic acids is 1. The summed E-state index contributed by atoms with van der Waals surface area (Å²) in [6.45, 7) is -2.57. The van der Waals surface area contributed by atoms with Gasteiger partial charge in [-0.15, -0.1) is 0 Å². The fourth-order valence-corrected chi connectivity index (χ4v) is 2.48. The van der Waals surface area contributed by atoms with Gasteiger partial charge < -0.3 is 45.2 Å². The van der Waals surface area contributed by atoms with Crippen molar-refractivity contribution in [3.63, 3.8) is 0 Å². The van der Waals surface area contributed by atoms with Gasteiger partial charge in [0.05, 0.1) is 25.4 Å². The van der Waals surface area contributed by atoms with Gasteiger partial charge in [0, 0.05) is 6.42 Å². The van der Waals surface area contributed by atoms with Crippen LogP contribution in [0.4, 0.5) is 0 Å². The molecule has 0 aromatic rings. The summed E-state index contributed by atoms with van der Waals surface area (Å²) >= 11 is 5.94. The van der Waals surface area contributed by atoms with Gasteiger partial charge in [-0.25, -0.2) is 0 Å². The molecule has 1 aliphatic heterocycles. The first-order valence-corrected chi connectivity index (χ1v) is 7.20. The molecule has 0 radical (unpaired) electrons. The molecule has 10 nitrogen and oxygen atoms in total.